The summed E-state index contributed by atoms with van der Waals surface area (Å²) in [4.78, 5) is 2.47. The predicted octanol–water partition coefficient (Wildman–Crippen LogP) is 3.97. The zero-order valence-electron chi connectivity index (χ0n) is 11.7. The first-order valence-corrected chi connectivity index (χ1v) is 7.86. The van der Waals surface area contributed by atoms with Gasteiger partial charge in [-0.05, 0) is 49.4 Å². The molecule has 2 fully saturated rings. The molecular weight excluding hydrogens is 256 g/mol. The van der Waals surface area contributed by atoms with E-state index in [1.807, 2.05) is 6.07 Å². The van der Waals surface area contributed by atoms with E-state index in [1.165, 1.54) is 49.8 Å². The molecule has 1 aromatic carbocycles. The van der Waals surface area contributed by atoms with Crippen molar-refractivity contribution in [2.75, 3.05) is 11.9 Å². The summed E-state index contributed by atoms with van der Waals surface area (Å²) < 4.78 is 0. The molecule has 0 unspecified atom stereocenters. The number of rotatable bonds is 5. The highest BCUT2D eigenvalue weighted by Crippen LogP contribution is 2.31. The van der Waals surface area contributed by atoms with Gasteiger partial charge in [-0.1, -0.05) is 24.4 Å². The molecule has 1 aromatic rings. The van der Waals surface area contributed by atoms with E-state index in [9.17, 15) is 0 Å². The normalized spacial score (nSPS) is 19.9. The monoisotopic (exact) mass is 278 g/mol. The fraction of sp³-hybridized carbons (Fsp3) is 0.625. The van der Waals surface area contributed by atoms with Crippen molar-refractivity contribution in [2.45, 2.75) is 57.2 Å². The van der Waals surface area contributed by atoms with Gasteiger partial charge in [0.05, 0.1) is 0 Å². The molecule has 0 amide bonds. The molecule has 0 spiro atoms. The Morgan fingerprint density at radius 1 is 1.21 bits per heavy atom. The van der Waals surface area contributed by atoms with Crippen molar-refractivity contribution >= 4 is 17.3 Å². The average Bonchev–Trinajstić information content (AvgIpc) is 3.07. The molecule has 0 aromatic heterocycles. The van der Waals surface area contributed by atoms with Gasteiger partial charge in [0.1, 0.15) is 0 Å². The molecule has 2 aliphatic carbocycles. The van der Waals surface area contributed by atoms with Crippen LogP contribution in [0.4, 0.5) is 5.69 Å². The second-order valence-electron chi connectivity index (χ2n) is 5.98. The Morgan fingerprint density at radius 2 is 1.95 bits per heavy atom. The van der Waals surface area contributed by atoms with E-state index >= 15 is 0 Å². The fourth-order valence-corrected chi connectivity index (χ4v) is 3.26. The van der Waals surface area contributed by atoms with Crippen molar-refractivity contribution in [1.29, 1.82) is 0 Å². The van der Waals surface area contributed by atoms with Crippen molar-refractivity contribution in [1.82, 2.24) is 5.32 Å². The number of hydrogen-bond donors (Lipinski definition) is 1. The predicted molar refractivity (Wildman–Crippen MR) is 82.0 cm³/mol. The van der Waals surface area contributed by atoms with Gasteiger partial charge in [-0.25, -0.2) is 0 Å². The van der Waals surface area contributed by atoms with Crippen molar-refractivity contribution in [2.24, 2.45) is 0 Å². The molecule has 104 valence electrons. The molecule has 0 atom stereocenters. The maximum absolute atomic E-state index is 6.17. The third kappa shape index (κ3) is 3.24. The molecule has 2 aliphatic rings. The summed E-state index contributed by atoms with van der Waals surface area (Å²) >= 11 is 6.17. The van der Waals surface area contributed by atoms with Crippen LogP contribution in [0.15, 0.2) is 18.2 Å². The molecule has 3 rings (SSSR count). The Balaban J connectivity index is 1.76. The zero-order valence-corrected chi connectivity index (χ0v) is 12.4. The van der Waals surface area contributed by atoms with Gasteiger partial charge >= 0.3 is 0 Å². The number of nitrogens with zero attached hydrogens (tertiary/aromatic N) is 1. The van der Waals surface area contributed by atoms with Crippen molar-refractivity contribution in [3.8, 4) is 0 Å². The van der Waals surface area contributed by atoms with E-state index in [4.69, 9.17) is 11.6 Å². The third-order valence-corrected chi connectivity index (χ3v) is 4.69. The third-order valence-electron chi connectivity index (χ3n) is 4.45. The number of hydrogen-bond acceptors (Lipinski definition) is 2. The second-order valence-corrected chi connectivity index (χ2v) is 6.41. The topological polar surface area (TPSA) is 15.3 Å². The highest BCUT2D eigenvalue weighted by atomic mass is 35.5. The lowest BCUT2D eigenvalue weighted by atomic mass is 10.1. The molecule has 0 saturated heterocycles. The first-order chi connectivity index (χ1) is 9.24. The first-order valence-electron chi connectivity index (χ1n) is 7.48. The smallest absolute Gasteiger partial charge is 0.0412 e. The Labute approximate surface area is 121 Å². The van der Waals surface area contributed by atoms with Gasteiger partial charge in [-0.15, -0.1) is 0 Å². The Kier molecular flexibility index (Phi) is 3.99. The summed E-state index contributed by atoms with van der Waals surface area (Å²) in [6.07, 6.45) is 8.06. The van der Waals surface area contributed by atoms with Crippen molar-refractivity contribution in [3.05, 3.63) is 28.8 Å². The molecule has 0 bridgehead atoms. The largest absolute Gasteiger partial charge is 0.371 e. The number of nitrogens with one attached hydrogen (secondary N) is 1. The van der Waals surface area contributed by atoms with Crippen molar-refractivity contribution in [3.63, 3.8) is 0 Å². The number of halogens is 1. The van der Waals surface area contributed by atoms with Crippen LogP contribution in [-0.4, -0.2) is 19.1 Å². The summed E-state index contributed by atoms with van der Waals surface area (Å²) in [7, 11) is 2.24. The van der Waals surface area contributed by atoms with E-state index < -0.39 is 0 Å². The molecule has 1 N–H and O–H groups in total. The summed E-state index contributed by atoms with van der Waals surface area (Å²) in [5, 5.41) is 4.44. The van der Waals surface area contributed by atoms with Crippen molar-refractivity contribution < 1.29 is 0 Å². The summed E-state index contributed by atoms with van der Waals surface area (Å²) in [6, 6.07) is 7.77. The van der Waals surface area contributed by atoms with Crippen LogP contribution < -0.4 is 10.2 Å². The van der Waals surface area contributed by atoms with E-state index in [-0.39, 0.29) is 0 Å². The lowest BCUT2D eigenvalue weighted by molar-refractivity contribution is 0.641. The maximum Gasteiger partial charge on any atom is 0.0412 e. The molecule has 0 aliphatic heterocycles. The van der Waals surface area contributed by atoms with Crippen LogP contribution in [0.1, 0.15) is 44.1 Å². The summed E-state index contributed by atoms with van der Waals surface area (Å²) in [5.41, 5.74) is 2.69. The standard InChI is InChI=1S/C16H23ClN2/c1-19(15-4-2-3-5-15)16-9-6-13(17)10-12(16)11-18-14-7-8-14/h6,9-10,14-15,18H,2-5,7-8,11H2,1H3. The summed E-state index contributed by atoms with van der Waals surface area (Å²) in [5.74, 6) is 0. The van der Waals surface area contributed by atoms with Crippen LogP contribution >= 0.6 is 11.6 Å². The fourth-order valence-electron chi connectivity index (χ4n) is 3.07. The van der Waals surface area contributed by atoms with Gasteiger partial charge in [-0.3, -0.25) is 0 Å². The van der Waals surface area contributed by atoms with Crippen LogP contribution in [0.25, 0.3) is 0 Å². The van der Waals surface area contributed by atoms with Gasteiger partial charge in [-0.2, -0.15) is 0 Å². The van der Waals surface area contributed by atoms with Crippen LogP contribution in [0.3, 0.4) is 0 Å². The lowest BCUT2D eigenvalue weighted by Gasteiger charge is -2.29. The molecule has 19 heavy (non-hydrogen) atoms. The van der Waals surface area contributed by atoms with Gasteiger partial charge in [0, 0.05) is 36.4 Å². The van der Waals surface area contributed by atoms with E-state index in [0.717, 1.165) is 17.6 Å². The van der Waals surface area contributed by atoms with Crippen LogP contribution in [0.5, 0.6) is 0 Å². The van der Waals surface area contributed by atoms with Gasteiger partial charge in [0.15, 0.2) is 0 Å². The van der Waals surface area contributed by atoms with E-state index in [0.29, 0.717) is 6.04 Å². The van der Waals surface area contributed by atoms with Gasteiger partial charge in [0.25, 0.3) is 0 Å². The van der Waals surface area contributed by atoms with Gasteiger partial charge < -0.3 is 10.2 Å². The Hall–Kier alpha value is -0.730. The SMILES string of the molecule is CN(c1ccc(Cl)cc1CNC1CC1)C1CCCC1. The number of anilines is 1. The molecule has 3 heteroatoms. The quantitative estimate of drug-likeness (QED) is 0.877. The summed E-state index contributed by atoms with van der Waals surface area (Å²) in [6.45, 7) is 0.942. The van der Waals surface area contributed by atoms with E-state index in [1.54, 1.807) is 0 Å². The number of benzene rings is 1. The maximum atomic E-state index is 6.17. The Morgan fingerprint density at radius 3 is 2.63 bits per heavy atom. The molecule has 2 saturated carbocycles. The molecule has 2 nitrogen and oxygen atoms in total. The van der Waals surface area contributed by atoms with Crippen LogP contribution in [0.2, 0.25) is 5.02 Å². The highest BCUT2D eigenvalue weighted by Gasteiger charge is 2.23. The average molecular weight is 279 g/mol. The Bertz CT molecular complexity index is 436. The van der Waals surface area contributed by atoms with Crippen LogP contribution in [0, 0.1) is 0 Å². The first kappa shape index (κ1) is 13.3. The van der Waals surface area contributed by atoms with Crippen LogP contribution in [-0.2, 0) is 6.54 Å². The van der Waals surface area contributed by atoms with E-state index in [2.05, 4.69) is 29.4 Å². The molecule has 0 heterocycles. The minimum Gasteiger partial charge on any atom is -0.371 e. The molecule has 0 radical (unpaired) electrons. The zero-order chi connectivity index (χ0) is 13.2. The second kappa shape index (κ2) is 5.72. The minimum absolute atomic E-state index is 0.709. The van der Waals surface area contributed by atoms with Gasteiger partial charge in [0.2, 0.25) is 0 Å². The highest BCUT2D eigenvalue weighted by molar-refractivity contribution is 6.30. The minimum atomic E-state index is 0.709. The molecular formula is C16H23ClN2. The lowest BCUT2D eigenvalue weighted by Crippen LogP contribution is -2.30.